The Morgan fingerprint density at radius 3 is 2.55 bits per heavy atom. The minimum Gasteiger partial charge on any atom is -0.496 e. The summed E-state index contributed by atoms with van der Waals surface area (Å²) < 4.78 is 5.83. The molecule has 1 unspecified atom stereocenters. The van der Waals surface area contributed by atoms with Crippen LogP contribution in [0.15, 0.2) is 12.1 Å². The molecule has 1 heterocycles. The number of benzene rings is 1. The van der Waals surface area contributed by atoms with E-state index >= 15 is 0 Å². The van der Waals surface area contributed by atoms with E-state index in [9.17, 15) is 0 Å². The molecule has 0 spiro atoms. The zero-order valence-electron chi connectivity index (χ0n) is 13.7. The van der Waals surface area contributed by atoms with Gasteiger partial charge in [0.05, 0.1) is 7.11 Å². The molecule has 1 aliphatic rings. The summed E-state index contributed by atoms with van der Waals surface area (Å²) in [5, 5.41) is 3.52. The van der Waals surface area contributed by atoms with Gasteiger partial charge in [-0.15, -0.1) is 0 Å². The third-order valence-corrected chi connectivity index (χ3v) is 4.33. The van der Waals surface area contributed by atoms with Gasteiger partial charge in [0.25, 0.3) is 0 Å². The van der Waals surface area contributed by atoms with Gasteiger partial charge in [0.15, 0.2) is 0 Å². The second-order valence-corrected chi connectivity index (χ2v) is 6.91. The van der Waals surface area contributed by atoms with Crippen molar-refractivity contribution in [2.24, 2.45) is 0 Å². The maximum Gasteiger partial charge on any atom is 0.126 e. The number of rotatable bonds is 3. The Morgan fingerprint density at radius 1 is 1.30 bits per heavy atom. The van der Waals surface area contributed by atoms with Crippen LogP contribution in [-0.2, 0) is 11.8 Å². The normalized spacial score (nSPS) is 19.9. The highest BCUT2D eigenvalue weighted by atomic mass is 16.5. The van der Waals surface area contributed by atoms with Gasteiger partial charge in [-0.1, -0.05) is 39.8 Å². The second-order valence-electron chi connectivity index (χ2n) is 6.91. The van der Waals surface area contributed by atoms with E-state index in [1.165, 1.54) is 29.5 Å². The van der Waals surface area contributed by atoms with Crippen LogP contribution in [0.1, 0.15) is 63.1 Å². The molecule has 1 aromatic rings. The van der Waals surface area contributed by atoms with Crippen LogP contribution in [-0.4, -0.2) is 20.2 Å². The number of piperidine rings is 1. The lowest BCUT2D eigenvalue weighted by Gasteiger charge is -2.30. The fraction of sp³-hybridized carbons (Fsp3) is 0.667. The Labute approximate surface area is 123 Å². The van der Waals surface area contributed by atoms with Crippen molar-refractivity contribution in [1.29, 1.82) is 0 Å². The Bertz CT molecular complexity index is 453. The van der Waals surface area contributed by atoms with Gasteiger partial charge in [-0.05, 0) is 42.3 Å². The smallest absolute Gasteiger partial charge is 0.126 e. The first-order valence-corrected chi connectivity index (χ1v) is 7.89. The number of nitrogens with one attached hydrogen (secondary N) is 1. The largest absolute Gasteiger partial charge is 0.496 e. The lowest BCUT2D eigenvalue weighted by molar-refractivity contribution is 0.378. The molecule has 1 aliphatic heterocycles. The molecule has 0 bridgehead atoms. The maximum absolute atomic E-state index is 5.83. The third kappa shape index (κ3) is 3.17. The topological polar surface area (TPSA) is 21.3 Å². The zero-order valence-corrected chi connectivity index (χ0v) is 13.7. The van der Waals surface area contributed by atoms with Crippen molar-refractivity contribution in [3.05, 3.63) is 28.8 Å². The lowest BCUT2D eigenvalue weighted by atomic mass is 9.80. The molecule has 1 saturated heterocycles. The summed E-state index contributed by atoms with van der Waals surface area (Å²) in [5.74, 6) is 1.70. The van der Waals surface area contributed by atoms with Crippen molar-refractivity contribution < 1.29 is 4.74 Å². The fourth-order valence-corrected chi connectivity index (χ4v) is 3.12. The van der Waals surface area contributed by atoms with Gasteiger partial charge in [0, 0.05) is 18.0 Å². The SMILES string of the molecule is CCc1cc(C2CCCNC2)c(OC)c(C(C)(C)C)c1. The molecule has 112 valence electrons. The van der Waals surface area contributed by atoms with Crippen LogP contribution in [0, 0.1) is 0 Å². The van der Waals surface area contributed by atoms with Crippen molar-refractivity contribution in [3.63, 3.8) is 0 Å². The van der Waals surface area contributed by atoms with Crippen molar-refractivity contribution in [2.75, 3.05) is 20.2 Å². The molecule has 2 heteroatoms. The molecule has 0 amide bonds. The predicted octanol–water partition coefficient (Wildman–Crippen LogP) is 4.02. The van der Waals surface area contributed by atoms with Crippen molar-refractivity contribution in [2.45, 2.75) is 58.3 Å². The molecule has 1 fully saturated rings. The van der Waals surface area contributed by atoms with E-state index in [4.69, 9.17) is 4.74 Å². The lowest BCUT2D eigenvalue weighted by Crippen LogP contribution is -2.29. The van der Waals surface area contributed by atoms with Crippen molar-refractivity contribution in [3.8, 4) is 5.75 Å². The molecule has 0 radical (unpaired) electrons. The predicted molar refractivity (Wildman–Crippen MR) is 85.9 cm³/mol. The van der Waals surface area contributed by atoms with E-state index in [2.05, 4.69) is 45.1 Å². The first-order valence-electron chi connectivity index (χ1n) is 7.89. The van der Waals surface area contributed by atoms with E-state index in [1.807, 2.05) is 7.11 Å². The summed E-state index contributed by atoms with van der Waals surface area (Å²) in [6.07, 6.45) is 3.61. The Hall–Kier alpha value is -1.02. The van der Waals surface area contributed by atoms with E-state index in [-0.39, 0.29) is 5.41 Å². The molecule has 1 N–H and O–H groups in total. The fourth-order valence-electron chi connectivity index (χ4n) is 3.12. The number of aryl methyl sites for hydroxylation is 1. The highest BCUT2D eigenvalue weighted by Gasteiger charge is 2.26. The highest BCUT2D eigenvalue weighted by molar-refractivity contribution is 5.50. The maximum atomic E-state index is 5.83. The van der Waals surface area contributed by atoms with Gasteiger partial charge in [-0.3, -0.25) is 0 Å². The Balaban J connectivity index is 2.53. The van der Waals surface area contributed by atoms with Crippen LogP contribution in [0.5, 0.6) is 5.75 Å². The summed E-state index contributed by atoms with van der Waals surface area (Å²) in [7, 11) is 1.82. The minimum atomic E-state index is 0.118. The molecular weight excluding hydrogens is 246 g/mol. The Kier molecular flexibility index (Phi) is 4.74. The van der Waals surface area contributed by atoms with Gasteiger partial charge in [-0.25, -0.2) is 0 Å². The van der Waals surface area contributed by atoms with Gasteiger partial charge < -0.3 is 10.1 Å². The average molecular weight is 275 g/mol. The van der Waals surface area contributed by atoms with Gasteiger partial charge in [0.1, 0.15) is 5.75 Å². The molecule has 1 aromatic carbocycles. The van der Waals surface area contributed by atoms with Crippen LogP contribution in [0.4, 0.5) is 0 Å². The first-order chi connectivity index (χ1) is 9.47. The molecule has 1 atom stereocenters. The standard InChI is InChI=1S/C18H29NO/c1-6-13-10-15(14-8-7-9-19-12-14)17(20-5)16(11-13)18(2,3)4/h10-11,14,19H,6-9,12H2,1-5H3. The van der Waals surface area contributed by atoms with E-state index in [1.54, 1.807) is 0 Å². The van der Waals surface area contributed by atoms with Crippen LogP contribution >= 0.6 is 0 Å². The van der Waals surface area contributed by atoms with Crippen molar-refractivity contribution in [1.82, 2.24) is 5.32 Å². The molecule has 0 saturated carbocycles. The van der Waals surface area contributed by atoms with E-state index < -0.39 is 0 Å². The van der Waals surface area contributed by atoms with Crippen molar-refractivity contribution >= 4 is 0 Å². The monoisotopic (exact) mass is 275 g/mol. The van der Waals surface area contributed by atoms with E-state index in [0.29, 0.717) is 5.92 Å². The summed E-state index contributed by atoms with van der Waals surface area (Å²) >= 11 is 0. The minimum absolute atomic E-state index is 0.118. The average Bonchev–Trinajstić information content (AvgIpc) is 2.45. The van der Waals surface area contributed by atoms with Crippen LogP contribution in [0.3, 0.4) is 0 Å². The molecule has 0 aliphatic carbocycles. The highest BCUT2D eigenvalue weighted by Crippen LogP contribution is 2.40. The van der Waals surface area contributed by atoms with Crippen LogP contribution in [0.25, 0.3) is 0 Å². The summed E-state index contributed by atoms with van der Waals surface area (Å²) in [4.78, 5) is 0. The second kappa shape index (κ2) is 6.17. The molecular formula is C18H29NO. The Morgan fingerprint density at radius 2 is 2.05 bits per heavy atom. The third-order valence-electron chi connectivity index (χ3n) is 4.33. The molecule has 20 heavy (non-hydrogen) atoms. The number of hydrogen-bond donors (Lipinski definition) is 1. The van der Waals surface area contributed by atoms with Crippen LogP contribution in [0.2, 0.25) is 0 Å². The van der Waals surface area contributed by atoms with Gasteiger partial charge in [0.2, 0.25) is 0 Å². The summed E-state index contributed by atoms with van der Waals surface area (Å²) in [6.45, 7) is 11.3. The number of hydrogen-bond acceptors (Lipinski definition) is 2. The zero-order chi connectivity index (χ0) is 14.8. The molecule has 2 nitrogen and oxygen atoms in total. The van der Waals surface area contributed by atoms with Crippen LogP contribution < -0.4 is 10.1 Å². The molecule has 2 rings (SSSR count). The van der Waals surface area contributed by atoms with Gasteiger partial charge in [-0.2, -0.15) is 0 Å². The number of methoxy groups -OCH3 is 1. The van der Waals surface area contributed by atoms with E-state index in [0.717, 1.165) is 25.3 Å². The molecule has 0 aromatic heterocycles. The number of ether oxygens (including phenoxy) is 1. The summed E-state index contributed by atoms with van der Waals surface area (Å²) in [6, 6.07) is 4.70. The summed E-state index contributed by atoms with van der Waals surface area (Å²) in [5.41, 5.74) is 4.30. The quantitative estimate of drug-likeness (QED) is 0.899. The van der Waals surface area contributed by atoms with Gasteiger partial charge >= 0.3 is 0 Å². The first kappa shape index (κ1) is 15.4.